The third kappa shape index (κ3) is 29.4. The van der Waals surface area contributed by atoms with Gasteiger partial charge in [0.25, 0.3) is 0 Å². The smallest absolute Gasteiger partial charge is 0.342 e. The van der Waals surface area contributed by atoms with Crippen LogP contribution in [-0.2, 0) is 19.4 Å². The number of carboxylic acid groups (broad SMARTS) is 1. The maximum atomic E-state index is 11.2. The van der Waals surface area contributed by atoms with Gasteiger partial charge in [0.15, 0.2) is 0 Å². The zero-order valence-electron chi connectivity index (χ0n) is 18.0. The van der Waals surface area contributed by atoms with E-state index in [4.69, 9.17) is 15.0 Å². The number of carbonyl (C=O) groups is 2. The molecule has 2 N–H and O–H groups in total. The quantitative estimate of drug-likeness (QED) is 0.134. The number of aliphatic hydroxyl groups excluding tert-OH is 1. The number of carboxylic acids is 1. The second-order valence-corrected chi connectivity index (χ2v) is 6.75. The zero-order chi connectivity index (χ0) is 21.3. The van der Waals surface area contributed by atoms with Crippen LogP contribution in [0, 0.1) is 0 Å². The van der Waals surface area contributed by atoms with Crippen LogP contribution in [0.3, 0.4) is 0 Å². The fraction of sp³-hybridized carbons (Fsp3) is 0.818. The van der Waals surface area contributed by atoms with E-state index in [2.05, 4.69) is 28.9 Å². The molecule has 0 atom stereocenters. The van der Waals surface area contributed by atoms with Crippen molar-refractivity contribution in [2.45, 2.75) is 104 Å². The Hall–Kier alpha value is -1.40. The molecule has 0 aliphatic heterocycles. The molecule has 0 unspecified atom stereocenters. The normalized spacial score (nSPS) is 10.5. The molecule has 6 heteroatoms. The van der Waals surface area contributed by atoms with Crippen LogP contribution in [0.15, 0.2) is 12.2 Å². The third-order valence-electron chi connectivity index (χ3n) is 4.05. The Bertz CT molecular complexity index is 368. The van der Waals surface area contributed by atoms with Crippen LogP contribution in [0.2, 0.25) is 0 Å². The molecule has 0 bridgehead atoms. The van der Waals surface area contributed by atoms with Gasteiger partial charge in [-0.3, -0.25) is 4.89 Å². The zero-order valence-corrected chi connectivity index (χ0v) is 18.0. The molecule has 0 fully saturated rings. The minimum absolute atomic E-state index is 0.246. The van der Waals surface area contributed by atoms with Crippen LogP contribution in [0.1, 0.15) is 104 Å². The largest absolute Gasteiger partial charge is 0.480 e. The molecule has 6 nitrogen and oxygen atoms in total. The Kier molecular flexibility index (Phi) is 26.3. The first kappa shape index (κ1) is 28.8. The molecular formula is C22H42O6. The molecule has 0 amide bonds. The summed E-state index contributed by atoms with van der Waals surface area (Å²) in [7, 11) is 0. The van der Waals surface area contributed by atoms with Crippen LogP contribution >= 0.6 is 0 Å². The van der Waals surface area contributed by atoms with E-state index in [-0.39, 0.29) is 5.97 Å². The van der Waals surface area contributed by atoms with Crippen molar-refractivity contribution in [1.82, 2.24) is 0 Å². The highest BCUT2D eigenvalue weighted by molar-refractivity contribution is 5.68. The fourth-order valence-corrected chi connectivity index (χ4v) is 2.51. The molecular weight excluding hydrogens is 360 g/mol. The SMILES string of the molecule is CCCCCCCC/C=C\CCCCCCCC(=O)OOCC.O=C(O)CO. The van der Waals surface area contributed by atoms with Crippen LogP contribution in [-0.4, -0.2) is 35.4 Å². The van der Waals surface area contributed by atoms with Crippen molar-refractivity contribution >= 4 is 11.9 Å². The molecule has 0 radical (unpaired) electrons. The highest BCUT2D eigenvalue weighted by Crippen LogP contribution is 2.10. The molecule has 0 aromatic rings. The molecule has 0 saturated heterocycles. The summed E-state index contributed by atoms with van der Waals surface area (Å²) in [6, 6.07) is 0. The Morgan fingerprint density at radius 3 is 1.71 bits per heavy atom. The average Bonchev–Trinajstić information content (AvgIpc) is 2.69. The molecule has 0 rings (SSSR count). The lowest BCUT2D eigenvalue weighted by Gasteiger charge is -2.01. The predicted octanol–water partition coefficient (Wildman–Crippen LogP) is 5.58. The number of aliphatic hydroxyl groups is 1. The van der Waals surface area contributed by atoms with Crippen molar-refractivity contribution in [1.29, 1.82) is 0 Å². The standard InChI is InChI=1S/C20H38O3.C2H4O3/c1-3-5-6-7-8-9-10-11-12-13-14-15-16-17-18-19-20(21)23-22-4-2;3-1-2(4)5/h11-12H,3-10,13-19H2,1-2H3;3H,1H2,(H,4,5)/b12-11-;. The minimum atomic E-state index is -1.19. The third-order valence-corrected chi connectivity index (χ3v) is 4.05. The predicted molar refractivity (Wildman–Crippen MR) is 112 cm³/mol. The van der Waals surface area contributed by atoms with E-state index in [0.29, 0.717) is 13.0 Å². The van der Waals surface area contributed by atoms with Gasteiger partial charge in [-0.1, -0.05) is 70.4 Å². The van der Waals surface area contributed by atoms with Crippen molar-refractivity contribution in [3.05, 3.63) is 12.2 Å². The highest BCUT2D eigenvalue weighted by Gasteiger charge is 2.02. The lowest BCUT2D eigenvalue weighted by atomic mass is 10.1. The first-order valence-corrected chi connectivity index (χ1v) is 10.9. The Labute approximate surface area is 171 Å². The van der Waals surface area contributed by atoms with E-state index in [1.54, 1.807) is 6.92 Å². The van der Waals surface area contributed by atoms with Crippen LogP contribution < -0.4 is 0 Å². The van der Waals surface area contributed by atoms with Crippen LogP contribution in [0.5, 0.6) is 0 Å². The molecule has 0 aromatic heterocycles. The molecule has 0 heterocycles. The maximum Gasteiger partial charge on any atom is 0.342 e. The molecule has 0 aromatic carbocycles. The molecule has 0 spiro atoms. The van der Waals surface area contributed by atoms with E-state index in [0.717, 1.165) is 12.8 Å². The Morgan fingerprint density at radius 1 is 0.786 bits per heavy atom. The van der Waals surface area contributed by atoms with Crippen molar-refractivity contribution in [3.63, 3.8) is 0 Å². The van der Waals surface area contributed by atoms with Crippen molar-refractivity contribution in [2.24, 2.45) is 0 Å². The van der Waals surface area contributed by atoms with Gasteiger partial charge in [-0.2, -0.15) is 4.89 Å². The van der Waals surface area contributed by atoms with Gasteiger partial charge < -0.3 is 10.2 Å². The highest BCUT2D eigenvalue weighted by atomic mass is 17.2. The van der Waals surface area contributed by atoms with E-state index < -0.39 is 12.6 Å². The second-order valence-electron chi connectivity index (χ2n) is 6.75. The molecule has 166 valence electrons. The maximum absolute atomic E-state index is 11.2. The number of carbonyl (C=O) groups excluding carboxylic acids is 1. The van der Waals surface area contributed by atoms with Crippen LogP contribution in [0.4, 0.5) is 0 Å². The molecule has 0 aliphatic carbocycles. The Morgan fingerprint density at radius 2 is 1.25 bits per heavy atom. The van der Waals surface area contributed by atoms with Gasteiger partial charge in [0, 0.05) is 6.42 Å². The van der Waals surface area contributed by atoms with E-state index >= 15 is 0 Å². The number of hydrogen-bond acceptors (Lipinski definition) is 5. The summed E-state index contributed by atoms with van der Waals surface area (Å²) < 4.78 is 0. The average molecular weight is 403 g/mol. The number of unbranched alkanes of at least 4 members (excludes halogenated alkanes) is 11. The van der Waals surface area contributed by atoms with Gasteiger partial charge in [-0.05, 0) is 39.0 Å². The van der Waals surface area contributed by atoms with Gasteiger partial charge in [0.1, 0.15) is 6.61 Å². The lowest BCUT2D eigenvalue weighted by Crippen LogP contribution is -2.04. The van der Waals surface area contributed by atoms with E-state index in [1.165, 1.54) is 70.6 Å². The first-order valence-electron chi connectivity index (χ1n) is 10.9. The van der Waals surface area contributed by atoms with Gasteiger partial charge in [-0.25, -0.2) is 9.59 Å². The lowest BCUT2D eigenvalue weighted by molar-refractivity contribution is -0.269. The molecule has 28 heavy (non-hydrogen) atoms. The number of allylic oxidation sites excluding steroid dienone is 2. The molecule has 0 saturated carbocycles. The van der Waals surface area contributed by atoms with Crippen molar-refractivity contribution < 1.29 is 29.6 Å². The topological polar surface area (TPSA) is 93.1 Å². The van der Waals surface area contributed by atoms with E-state index in [9.17, 15) is 4.79 Å². The number of hydrogen-bond donors (Lipinski definition) is 2. The van der Waals surface area contributed by atoms with Crippen LogP contribution in [0.25, 0.3) is 0 Å². The second kappa shape index (κ2) is 25.6. The summed E-state index contributed by atoms with van der Waals surface area (Å²) in [5.74, 6) is -1.44. The Balaban J connectivity index is 0. The minimum Gasteiger partial charge on any atom is -0.480 e. The summed E-state index contributed by atoms with van der Waals surface area (Å²) >= 11 is 0. The summed E-state index contributed by atoms with van der Waals surface area (Å²) in [6.07, 6.45) is 21.6. The summed E-state index contributed by atoms with van der Waals surface area (Å²) in [5, 5.41) is 15.0. The number of rotatable bonds is 18. The summed E-state index contributed by atoms with van der Waals surface area (Å²) in [4.78, 5) is 29.5. The molecule has 0 aliphatic rings. The van der Waals surface area contributed by atoms with Gasteiger partial charge in [0.2, 0.25) is 0 Å². The monoisotopic (exact) mass is 402 g/mol. The van der Waals surface area contributed by atoms with Gasteiger partial charge >= 0.3 is 11.9 Å². The van der Waals surface area contributed by atoms with Crippen molar-refractivity contribution in [2.75, 3.05) is 13.2 Å². The number of aliphatic carboxylic acids is 1. The van der Waals surface area contributed by atoms with E-state index in [1.807, 2.05) is 0 Å². The van der Waals surface area contributed by atoms with Gasteiger partial charge in [-0.15, -0.1) is 0 Å². The summed E-state index contributed by atoms with van der Waals surface area (Å²) in [5.41, 5.74) is 0. The van der Waals surface area contributed by atoms with Gasteiger partial charge in [0.05, 0.1) is 6.61 Å². The first-order chi connectivity index (χ1) is 13.6. The van der Waals surface area contributed by atoms with Crippen molar-refractivity contribution in [3.8, 4) is 0 Å². The fourth-order valence-electron chi connectivity index (χ4n) is 2.51. The summed E-state index contributed by atoms with van der Waals surface area (Å²) in [6.45, 7) is 3.70.